The predicted molar refractivity (Wildman–Crippen MR) is 75.6 cm³/mol. The Labute approximate surface area is 110 Å². The Morgan fingerprint density at radius 2 is 1.83 bits per heavy atom. The first-order chi connectivity index (χ1) is 8.57. The summed E-state index contributed by atoms with van der Waals surface area (Å²) in [5, 5.41) is 13.0. The highest BCUT2D eigenvalue weighted by molar-refractivity contribution is 5.28. The van der Waals surface area contributed by atoms with Crippen molar-refractivity contribution in [2.75, 3.05) is 6.54 Å². The van der Waals surface area contributed by atoms with E-state index in [-0.39, 0.29) is 0 Å². The van der Waals surface area contributed by atoms with E-state index in [4.69, 9.17) is 0 Å². The highest BCUT2D eigenvalue weighted by Crippen LogP contribution is 2.51. The van der Waals surface area contributed by atoms with Gasteiger partial charge >= 0.3 is 0 Å². The van der Waals surface area contributed by atoms with Gasteiger partial charge in [0.25, 0.3) is 0 Å². The summed E-state index contributed by atoms with van der Waals surface area (Å²) in [4.78, 5) is 0. The van der Waals surface area contributed by atoms with E-state index in [1.807, 2.05) is 12.1 Å². The van der Waals surface area contributed by atoms with Crippen molar-refractivity contribution < 1.29 is 5.11 Å². The summed E-state index contributed by atoms with van der Waals surface area (Å²) >= 11 is 0. The molecule has 1 aliphatic rings. The Hall–Kier alpha value is -1.02. The molecule has 1 unspecified atom stereocenters. The average Bonchev–Trinajstić information content (AvgIpc) is 3.13. The zero-order valence-electron chi connectivity index (χ0n) is 11.7. The quantitative estimate of drug-likeness (QED) is 0.800. The molecule has 2 nitrogen and oxygen atoms in total. The molecule has 0 aliphatic heterocycles. The maximum atomic E-state index is 9.33. The number of hydrogen-bond acceptors (Lipinski definition) is 2. The highest BCUT2D eigenvalue weighted by Gasteiger charge is 2.44. The lowest BCUT2D eigenvalue weighted by molar-refractivity contribution is 0.318. The maximum absolute atomic E-state index is 9.33. The summed E-state index contributed by atoms with van der Waals surface area (Å²) in [7, 11) is 0. The summed E-state index contributed by atoms with van der Waals surface area (Å²) < 4.78 is 0. The summed E-state index contributed by atoms with van der Waals surface area (Å²) in [5.74, 6) is 1.11. The van der Waals surface area contributed by atoms with E-state index in [0.717, 1.165) is 18.9 Å². The van der Waals surface area contributed by atoms with Crippen LogP contribution in [-0.2, 0) is 0 Å². The van der Waals surface area contributed by atoms with Crippen molar-refractivity contribution in [2.45, 2.75) is 46.1 Å². The molecule has 1 atom stereocenters. The molecule has 0 bridgehead atoms. The second-order valence-corrected chi connectivity index (χ2v) is 5.95. The lowest BCUT2D eigenvalue weighted by Gasteiger charge is -2.25. The van der Waals surface area contributed by atoms with E-state index in [1.54, 1.807) is 12.1 Å². The number of benzene rings is 1. The molecule has 0 spiro atoms. The first-order valence-electron chi connectivity index (χ1n) is 7.10. The first kappa shape index (κ1) is 13.4. The number of phenolic OH excluding ortho intramolecular Hbond substituents is 1. The molecule has 2 N–H and O–H groups in total. The molecule has 2 heteroatoms. The molecule has 1 aliphatic carbocycles. The minimum absolute atomic E-state index is 0.342. The van der Waals surface area contributed by atoms with E-state index >= 15 is 0 Å². The van der Waals surface area contributed by atoms with Gasteiger partial charge in [-0.3, -0.25) is 0 Å². The minimum atomic E-state index is 0.342. The van der Waals surface area contributed by atoms with Crippen LogP contribution >= 0.6 is 0 Å². The first-order valence-corrected chi connectivity index (χ1v) is 7.10. The normalized spacial score (nSPS) is 18.9. The van der Waals surface area contributed by atoms with Crippen LogP contribution in [0.1, 0.15) is 51.6 Å². The molecule has 0 aromatic heterocycles. The maximum Gasteiger partial charge on any atom is 0.115 e. The zero-order valence-corrected chi connectivity index (χ0v) is 11.7. The van der Waals surface area contributed by atoms with Gasteiger partial charge in [-0.2, -0.15) is 0 Å². The van der Waals surface area contributed by atoms with Crippen LogP contribution in [0.15, 0.2) is 24.3 Å². The van der Waals surface area contributed by atoms with Crippen molar-refractivity contribution in [3.05, 3.63) is 29.8 Å². The van der Waals surface area contributed by atoms with Gasteiger partial charge < -0.3 is 10.4 Å². The molecule has 2 rings (SSSR count). The van der Waals surface area contributed by atoms with Gasteiger partial charge in [0.2, 0.25) is 0 Å². The largest absolute Gasteiger partial charge is 0.508 e. The summed E-state index contributed by atoms with van der Waals surface area (Å²) in [5.41, 5.74) is 1.82. The monoisotopic (exact) mass is 247 g/mol. The van der Waals surface area contributed by atoms with Gasteiger partial charge in [-0.25, -0.2) is 0 Å². The molecule has 0 heterocycles. The molecule has 0 saturated heterocycles. The lowest BCUT2D eigenvalue weighted by Crippen LogP contribution is -2.30. The van der Waals surface area contributed by atoms with Crippen molar-refractivity contribution in [1.82, 2.24) is 5.32 Å². The van der Waals surface area contributed by atoms with Gasteiger partial charge in [0.05, 0.1) is 0 Å². The summed E-state index contributed by atoms with van der Waals surface area (Å²) in [6, 6.07) is 7.99. The molecule has 1 aromatic rings. The molecule has 0 amide bonds. The van der Waals surface area contributed by atoms with E-state index in [0.29, 0.717) is 17.2 Å². The third-order valence-electron chi connectivity index (χ3n) is 4.52. The lowest BCUT2D eigenvalue weighted by atomic mass is 9.91. The second kappa shape index (κ2) is 5.31. The number of phenols is 1. The molecule has 0 radical (unpaired) electrons. The molecule has 1 aromatic carbocycles. The van der Waals surface area contributed by atoms with Crippen LogP contribution in [0.3, 0.4) is 0 Å². The number of aromatic hydroxyl groups is 1. The Morgan fingerprint density at radius 3 is 2.28 bits per heavy atom. The second-order valence-electron chi connectivity index (χ2n) is 5.95. The number of nitrogens with one attached hydrogen (secondary N) is 1. The van der Waals surface area contributed by atoms with Crippen molar-refractivity contribution in [3.63, 3.8) is 0 Å². The predicted octanol–water partition coefficient (Wildman–Crippen LogP) is 3.87. The van der Waals surface area contributed by atoms with Crippen LogP contribution in [0.2, 0.25) is 0 Å². The molecular weight excluding hydrogens is 222 g/mol. The van der Waals surface area contributed by atoms with Gasteiger partial charge in [-0.15, -0.1) is 0 Å². The van der Waals surface area contributed by atoms with E-state index in [2.05, 4.69) is 26.1 Å². The van der Waals surface area contributed by atoms with E-state index in [1.165, 1.54) is 18.4 Å². The highest BCUT2D eigenvalue weighted by atomic mass is 16.3. The van der Waals surface area contributed by atoms with E-state index in [9.17, 15) is 5.11 Å². The standard InChI is InChI=1S/C16H25NO/c1-4-15(13-5-7-14(18)8-6-13)17-11-16(9-10-16)12(2)3/h5-8,12,15,17-18H,4,9-11H2,1-3H3. The summed E-state index contributed by atoms with van der Waals surface area (Å²) in [6.07, 6.45) is 3.81. The van der Waals surface area contributed by atoms with Crippen LogP contribution < -0.4 is 5.32 Å². The van der Waals surface area contributed by atoms with Crippen molar-refractivity contribution in [1.29, 1.82) is 0 Å². The van der Waals surface area contributed by atoms with E-state index < -0.39 is 0 Å². The molecule has 100 valence electrons. The van der Waals surface area contributed by atoms with Crippen LogP contribution in [0.5, 0.6) is 5.75 Å². The Bertz CT molecular complexity index is 379. The average molecular weight is 247 g/mol. The van der Waals surface area contributed by atoms with Crippen molar-refractivity contribution >= 4 is 0 Å². The van der Waals surface area contributed by atoms with Gasteiger partial charge in [0, 0.05) is 12.6 Å². The Kier molecular flexibility index (Phi) is 3.96. The molecular formula is C16H25NO. The fourth-order valence-corrected chi connectivity index (χ4v) is 2.65. The van der Waals surface area contributed by atoms with Crippen LogP contribution in [0, 0.1) is 11.3 Å². The third kappa shape index (κ3) is 2.86. The van der Waals surface area contributed by atoms with Crippen molar-refractivity contribution in [2.24, 2.45) is 11.3 Å². The summed E-state index contributed by atoms with van der Waals surface area (Å²) in [6.45, 7) is 7.98. The minimum Gasteiger partial charge on any atom is -0.508 e. The van der Waals surface area contributed by atoms with Gasteiger partial charge in [0.1, 0.15) is 5.75 Å². The van der Waals surface area contributed by atoms with Gasteiger partial charge in [-0.1, -0.05) is 32.9 Å². The van der Waals surface area contributed by atoms with Crippen LogP contribution in [0.25, 0.3) is 0 Å². The zero-order chi connectivity index (χ0) is 13.2. The third-order valence-corrected chi connectivity index (χ3v) is 4.52. The molecule has 1 fully saturated rings. The molecule has 1 saturated carbocycles. The smallest absolute Gasteiger partial charge is 0.115 e. The number of rotatable bonds is 6. The molecule has 18 heavy (non-hydrogen) atoms. The van der Waals surface area contributed by atoms with Crippen molar-refractivity contribution in [3.8, 4) is 5.75 Å². The van der Waals surface area contributed by atoms with Crippen LogP contribution in [0.4, 0.5) is 0 Å². The van der Waals surface area contributed by atoms with Gasteiger partial charge in [-0.05, 0) is 48.3 Å². The number of hydrogen-bond donors (Lipinski definition) is 2. The SMILES string of the molecule is CCC(NCC1(C(C)C)CC1)c1ccc(O)cc1. The Balaban J connectivity index is 1.96. The fraction of sp³-hybridized carbons (Fsp3) is 0.625. The van der Waals surface area contributed by atoms with Crippen LogP contribution in [-0.4, -0.2) is 11.7 Å². The van der Waals surface area contributed by atoms with Gasteiger partial charge in [0.15, 0.2) is 0 Å². The topological polar surface area (TPSA) is 32.3 Å². The fourth-order valence-electron chi connectivity index (χ4n) is 2.65. The Morgan fingerprint density at radius 1 is 1.22 bits per heavy atom.